The number of hydrogen-bond acceptors (Lipinski definition) is 9. The molecule has 2 aliphatic rings. The molecule has 1 fully saturated rings. The van der Waals surface area contributed by atoms with Crippen LogP contribution >= 0.6 is 11.3 Å². The van der Waals surface area contributed by atoms with Gasteiger partial charge in [0, 0.05) is 37.0 Å². The van der Waals surface area contributed by atoms with Crippen molar-refractivity contribution in [2.24, 2.45) is 0 Å². The largest absolute Gasteiger partial charge is 0.496 e. The maximum absolute atomic E-state index is 13.6. The molecule has 3 aromatic carbocycles. The second-order valence-electron chi connectivity index (χ2n) is 10.2. The lowest BCUT2D eigenvalue weighted by Crippen LogP contribution is -2.35. The minimum atomic E-state index is -0.434. The molecule has 222 valence electrons. The Bertz CT molecular complexity index is 1840. The maximum Gasteiger partial charge on any atom is 0.332 e. The van der Waals surface area contributed by atoms with Crippen molar-refractivity contribution in [2.75, 3.05) is 48.9 Å². The van der Waals surface area contributed by atoms with Crippen molar-refractivity contribution in [1.82, 2.24) is 14.9 Å². The number of anilines is 4. The van der Waals surface area contributed by atoms with Crippen LogP contribution in [0, 0.1) is 0 Å². The van der Waals surface area contributed by atoms with Crippen molar-refractivity contribution in [1.29, 1.82) is 0 Å². The molecule has 3 amide bonds. The number of morpholine rings is 1. The molecule has 2 aromatic heterocycles. The van der Waals surface area contributed by atoms with Crippen molar-refractivity contribution >= 4 is 56.4 Å². The SMILES string of the molecule is COc1cc(NC(=O)c2sc3ncnc4c3c2NC(=O)N4c2ccc(Oc3ccccc3)cc2)ccc1CN1CCOCC1. The summed E-state index contributed by atoms with van der Waals surface area (Å²) in [7, 11) is 1.62. The Balaban J connectivity index is 1.13. The van der Waals surface area contributed by atoms with Gasteiger partial charge < -0.3 is 24.8 Å². The number of nitrogens with zero attached hydrogens (tertiary/aromatic N) is 4. The first-order valence-corrected chi connectivity index (χ1v) is 14.9. The van der Waals surface area contributed by atoms with Gasteiger partial charge in [0.25, 0.3) is 5.91 Å². The zero-order valence-electron chi connectivity index (χ0n) is 23.8. The van der Waals surface area contributed by atoms with Crippen LogP contribution in [0.25, 0.3) is 10.2 Å². The highest BCUT2D eigenvalue weighted by Crippen LogP contribution is 2.45. The molecule has 0 saturated carbocycles. The van der Waals surface area contributed by atoms with E-state index in [1.165, 1.54) is 22.6 Å². The third-order valence-electron chi connectivity index (χ3n) is 7.44. The van der Waals surface area contributed by atoms with Crippen molar-refractivity contribution in [3.8, 4) is 17.2 Å². The Labute approximate surface area is 257 Å². The van der Waals surface area contributed by atoms with Gasteiger partial charge in [-0.25, -0.2) is 19.7 Å². The molecule has 44 heavy (non-hydrogen) atoms. The lowest BCUT2D eigenvalue weighted by molar-refractivity contribution is 0.0339. The van der Waals surface area contributed by atoms with E-state index in [1.54, 1.807) is 31.4 Å². The average molecular weight is 609 g/mol. The van der Waals surface area contributed by atoms with Crippen LogP contribution in [0.5, 0.6) is 17.2 Å². The van der Waals surface area contributed by atoms with E-state index in [4.69, 9.17) is 14.2 Å². The molecule has 0 spiro atoms. The third-order valence-corrected chi connectivity index (χ3v) is 8.53. The summed E-state index contributed by atoms with van der Waals surface area (Å²) in [4.78, 5) is 40.5. The highest BCUT2D eigenvalue weighted by atomic mass is 32.1. The standard InChI is InChI=1S/C32H28N6O5S/c1-41-25-17-21(8-7-20(25)18-37-13-15-42-16-14-37)35-30(39)28-27-26-29(33-19-34-31(26)44-28)38(32(40)36-27)22-9-11-24(12-10-22)43-23-5-3-2-4-6-23/h2-12,17,19H,13-16,18H2,1H3,(H,35,39)(H,36,40). The van der Waals surface area contributed by atoms with Gasteiger partial charge in [-0.15, -0.1) is 11.3 Å². The second-order valence-corrected chi connectivity index (χ2v) is 11.2. The van der Waals surface area contributed by atoms with Gasteiger partial charge in [0.1, 0.15) is 33.3 Å². The van der Waals surface area contributed by atoms with Crippen LogP contribution in [0.15, 0.2) is 79.1 Å². The van der Waals surface area contributed by atoms with Gasteiger partial charge in [-0.05, 0) is 42.5 Å². The summed E-state index contributed by atoms with van der Waals surface area (Å²) in [6.45, 7) is 3.87. The maximum atomic E-state index is 13.6. The van der Waals surface area contributed by atoms with Gasteiger partial charge in [-0.3, -0.25) is 9.69 Å². The van der Waals surface area contributed by atoms with Crippen molar-refractivity contribution < 1.29 is 23.8 Å². The summed E-state index contributed by atoms with van der Waals surface area (Å²) >= 11 is 1.20. The molecule has 0 unspecified atom stereocenters. The fraction of sp³-hybridized carbons (Fsp3) is 0.188. The molecule has 11 nitrogen and oxygen atoms in total. The smallest absolute Gasteiger partial charge is 0.332 e. The number of ether oxygens (including phenoxy) is 3. The zero-order valence-corrected chi connectivity index (χ0v) is 24.6. The molecule has 2 aliphatic heterocycles. The lowest BCUT2D eigenvalue weighted by atomic mass is 10.1. The Morgan fingerprint density at radius 3 is 2.57 bits per heavy atom. The Hall–Kier alpha value is -5.04. The molecular formula is C32H28N6O5S. The molecule has 0 aliphatic carbocycles. The van der Waals surface area contributed by atoms with Gasteiger partial charge in [0.2, 0.25) is 0 Å². The quantitative estimate of drug-likeness (QED) is 0.212. The van der Waals surface area contributed by atoms with E-state index in [2.05, 4.69) is 25.5 Å². The van der Waals surface area contributed by atoms with Crippen LogP contribution in [0.4, 0.5) is 27.7 Å². The van der Waals surface area contributed by atoms with E-state index in [0.29, 0.717) is 68.4 Å². The van der Waals surface area contributed by atoms with Gasteiger partial charge in [0.05, 0.1) is 37.1 Å². The first-order chi connectivity index (χ1) is 21.6. The Kier molecular flexibility index (Phi) is 7.52. The van der Waals surface area contributed by atoms with Crippen molar-refractivity contribution in [2.45, 2.75) is 6.54 Å². The first kappa shape index (κ1) is 27.8. The summed E-state index contributed by atoms with van der Waals surface area (Å²) in [6.07, 6.45) is 1.40. The number of para-hydroxylation sites is 1. The van der Waals surface area contributed by atoms with E-state index in [9.17, 15) is 9.59 Å². The van der Waals surface area contributed by atoms with E-state index >= 15 is 0 Å². The molecule has 2 N–H and O–H groups in total. The minimum absolute atomic E-state index is 0.331. The number of amides is 3. The third kappa shape index (κ3) is 5.41. The van der Waals surface area contributed by atoms with Crippen LogP contribution in [0.2, 0.25) is 0 Å². The number of urea groups is 1. The summed E-state index contributed by atoms with van der Waals surface area (Å²) in [5.41, 5.74) is 2.58. The number of methoxy groups -OCH3 is 1. The van der Waals surface area contributed by atoms with Gasteiger partial charge in [0.15, 0.2) is 5.82 Å². The minimum Gasteiger partial charge on any atom is -0.496 e. The number of thiophene rings is 1. The van der Waals surface area contributed by atoms with E-state index in [1.807, 2.05) is 48.5 Å². The molecule has 7 rings (SSSR count). The van der Waals surface area contributed by atoms with Gasteiger partial charge >= 0.3 is 6.03 Å². The zero-order chi connectivity index (χ0) is 30.0. The van der Waals surface area contributed by atoms with Gasteiger partial charge in [-0.2, -0.15) is 0 Å². The second kappa shape index (κ2) is 11.9. The fourth-order valence-corrected chi connectivity index (χ4v) is 6.28. The first-order valence-electron chi connectivity index (χ1n) is 14.1. The normalized spacial score (nSPS) is 14.8. The summed E-state index contributed by atoms with van der Waals surface area (Å²) in [5, 5.41) is 6.46. The monoisotopic (exact) mass is 608 g/mol. The van der Waals surface area contributed by atoms with Gasteiger partial charge in [-0.1, -0.05) is 24.3 Å². The number of nitrogens with one attached hydrogen (secondary N) is 2. The highest BCUT2D eigenvalue weighted by molar-refractivity contribution is 7.21. The van der Waals surface area contributed by atoms with Crippen LogP contribution < -0.4 is 25.0 Å². The van der Waals surface area contributed by atoms with Crippen LogP contribution in [0.3, 0.4) is 0 Å². The Morgan fingerprint density at radius 2 is 1.80 bits per heavy atom. The molecular weight excluding hydrogens is 580 g/mol. The van der Waals surface area contributed by atoms with Crippen LogP contribution in [-0.2, 0) is 11.3 Å². The lowest BCUT2D eigenvalue weighted by Gasteiger charge is -2.27. The number of aromatic nitrogens is 2. The van der Waals surface area contributed by atoms with E-state index in [0.717, 1.165) is 25.2 Å². The molecule has 5 aromatic rings. The Morgan fingerprint density at radius 1 is 1.02 bits per heavy atom. The predicted molar refractivity (Wildman–Crippen MR) is 169 cm³/mol. The molecule has 0 bridgehead atoms. The summed E-state index contributed by atoms with van der Waals surface area (Å²) in [6, 6.07) is 21.8. The number of rotatable bonds is 8. The molecule has 12 heteroatoms. The van der Waals surface area contributed by atoms with Crippen LogP contribution in [0.1, 0.15) is 15.2 Å². The molecule has 1 saturated heterocycles. The predicted octanol–water partition coefficient (Wildman–Crippen LogP) is 6.26. The molecule has 0 atom stereocenters. The van der Waals surface area contributed by atoms with Crippen molar-refractivity contribution in [3.63, 3.8) is 0 Å². The van der Waals surface area contributed by atoms with Crippen molar-refractivity contribution in [3.05, 3.63) is 89.6 Å². The van der Waals surface area contributed by atoms with E-state index in [-0.39, 0.29) is 5.91 Å². The number of carbonyl (C=O) groups is 2. The molecule has 0 radical (unpaired) electrons. The number of hydrogen-bond donors (Lipinski definition) is 2. The summed E-state index contributed by atoms with van der Waals surface area (Å²) < 4.78 is 17.0. The molecule has 4 heterocycles. The fourth-order valence-electron chi connectivity index (χ4n) is 5.29. The highest BCUT2D eigenvalue weighted by Gasteiger charge is 2.34. The topological polar surface area (TPSA) is 118 Å². The van der Waals surface area contributed by atoms with Crippen LogP contribution in [-0.4, -0.2) is 60.2 Å². The summed E-state index contributed by atoms with van der Waals surface area (Å²) in [5.74, 6) is 2.06. The van der Waals surface area contributed by atoms with E-state index < -0.39 is 6.03 Å². The number of carbonyl (C=O) groups excluding carboxylic acids is 2. The average Bonchev–Trinajstić information content (AvgIpc) is 3.43. The number of benzene rings is 3.